The number of alkyl halides is 3. The zero-order chi connectivity index (χ0) is 22.3. The quantitative estimate of drug-likeness (QED) is 0.613. The molecule has 0 bridgehead atoms. The minimum atomic E-state index is -4.59. The Kier molecular flexibility index (Phi) is 5.21. The number of carbonyl (C=O) groups excluding carboxylic acids is 1. The van der Waals surface area contributed by atoms with Crippen molar-refractivity contribution in [3.63, 3.8) is 0 Å². The predicted octanol–water partition coefficient (Wildman–Crippen LogP) is 4.55. The summed E-state index contributed by atoms with van der Waals surface area (Å²) in [7, 11) is 0. The Morgan fingerprint density at radius 2 is 2.03 bits per heavy atom. The first kappa shape index (κ1) is 20.9. The Morgan fingerprint density at radius 3 is 2.68 bits per heavy atom. The van der Waals surface area contributed by atoms with Crippen molar-refractivity contribution in [1.29, 1.82) is 0 Å². The number of anilines is 1. The maximum Gasteiger partial charge on any atom is 0.416 e. The lowest BCUT2D eigenvalue weighted by Crippen LogP contribution is -2.34. The number of hydrogen-bond donors (Lipinski definition) is 2. The van der Waals surface area contributed by atoms with Gasteiger partial charge < -0.3 is 19.9 Å². The lowest BCUT2D eigenvalue weighted by molar-refractivity contribution is -0.137. The SMILES string of the molecule is Cc1cn(-c2cc(NC(=O)c3csc4c3CCN(C(=O)O)C4)cc(C(F)(F)F)c2)cn1. The molecule has 0 aliphatic carbocycles. The highest BCUT2D eigenvalue weighted by molar-refractivity contribution is 7.10. The molecule has 7 nitrogen and oxygen atoms in total. The van der Waals surface area contributed by atoms with Crippen LogP contribution in [0.3, 0.4) is 0 Å². The van der Waals surface area contributed by atoms with Crippen molar-refractivity contribution in [1.82, 2.24) is 14.5 Å². The molecule has 31 heavy (non-hydrogen) atoms. The zero-order valence-electron chi connectivity index (χ0n) is 16.2. The van der Waals surface area contributed by atoms with Gasteiger partial charge in [0.15, 0.2) is 0 Å². The molecule has 0 radical (unpaired) electrons. The monoisotopic (exact) mass is 450 g/mol. The number of halogens is 3. The number of aromatic nitrogens is 2. The van der Waals surface area contributed by atoms with Crippen molar-refractivity contribution < 1.29 is 27.9 Å². The molecular weight excluding hydrogens is 433 g/mol. The number of imidazole rings is 1. The summed E-state index contributed by atoms with van der Waals surface area (Å²) in [6.07, 6.45) is -2.26. The van der Waals surface area contributed by atoms with E-state index in [9.17, 15) is 22.8 Å². The smallest absolute Gasteiger partial charge is 0.416 e. The largest absolute Gasteiger partial charge is 0.465 e. The maximum absolute atomic E-state index is 13.4. The average Bonchev–Trinajstić information content (AvgIpc) is 3.32. The van der Waals surface area contributed by atoms with E-state index in [1.54, 1.807) is 18.5 Å². The van der Waals surface area contributed by atoms with Crippen LogP contribution in [0, 0.1) is 6.92 Å². The van der Waals surface area contributed by atoms with Gasteiger partial charge in [-0.25, -0.2) is 9.78 Å². The molecule has 2 aromatic heterocycles. The molecule has 3 heterocycles. The van der Waals surface area contributed by atoms with Crippen LogP contribution >= 0.6 is 11.3 Å². The van der Waals surface area contributed by atoms with Crippen molar-refractivity contribution in [3.8, 4) is 5.69 Å². The Labute approximate surface area is 178 Å². The van der Waals surface area contributed by atoms with E-state index in [1.807, 2.05) is 0 Å². The second-order valence-corrected chi connectivity index (χ2v) is 8.11. The van der Waals surface area contributed by atoms with Crippen molar-refractivity contribution >= 4 is 29.0 Å². The standard InChI is InChI=1S/C20H17F3N4O3S/c1-11-7-27(10-24-11)14-5-12(20(21,22)23)4-13(6-14)25-18(28)16-9-31-17-8-26(19(29)30)3-2-15(16)17/h4-7,9-10H,2-3,8H2,1H3,(H,25,28)(H,29,30). The molecule has 0 spiro atoms. The first-order valence-corrected chi connectivity index (χ1v) is 10.1. The third kappa shape index (κ3) is 4.26. The minimum Gasteiger partial charge on any atom is -0.465 e. The van der Waals surface area contributed by atoms with E-state index in [2.05, 4.69) is 10.3 Å². The number of benzene rings is 1. The van der Waals surface area contributed by atoms with E-state index in [-0.39, 0.29) is 24.5 Å². The normalized spacial score (nSPS) is 13.7. The lowest BCUT2D eigenvalue weighted by Gasteiger charge is -2.24. The van der Waals surface area contributed by atoms with E-state index in [4.69, 9.17) is 5.11 Å². The first-order chi connectivity index (χ1) is 14.6. The number of nitrogens with one attached hydrogen (secondary N) is 1. The third-order valence-corrected chi connectivity index (χ3v) is 5.99. The predicted molar refractivity (Wildman–Crippen MR) is 108 cm³/mol. The molecule has 0 saturated heterocycles. The van der Waals surface area contributed by atoms with Crippen molar-refractivity contribution in [2.24, 2.45) is 0 Å². The topological polar surface area (TPSA) is 87.5 Å². The van der Waals surface area contributed by atoms with Gasteiger partial charge in [-0.2, -0.15) is 13.2 Å². The number of aryl methyl sites for hydroxylation is 1. The van der Waals surface area contributed by atoms with Crippen molar-refractivity contribution in [3.05, 3.63) is 63.4 Å². The molecule has 4 rings (SSSR count). The molecule has 11 heteroatoms. The Bertz CT molecular complexity index is 1170. The number of nitrogens with zero attached hydrogens (tertiary/aromatic N) is 3. The summed E-state index contributed by atoms with van der Waals surface area (Å²) >= 11 is 1.26. The number of carbonyl (C=O) groups is 2. The van der Waals surface area contributed by atoms with Gasteiger partial charge in [0, 0.05) is 34.4 Å². The zero-order valence-corrected chi connectivity index (χ0v) is 17.0. The van der Waals surface area contributed by atoms with Gasteiger partial charge >= 0.3 is 12.3 Å². The van der Waals surface area contributed by atoms with Crippen LogP contribution in [0.15, 0.2) is 36.1 Å². The minimum absolute atomic E-state index is 0.00380. The van der Waals surface area contributed by atoms with Crippen molar-refractivity contribution in [2.45, 2.75) is 26.1 Å². The number of thiophene rings is 1. The van der Waals surface area contributed by atoms with Gasteiger partial charge in [0.1, 0.15) is 0 Å². The maximum atomic E-state index is 13.4. The van der Waals surface area contributed by atoms with Crippen LogP contribution in [0.1, 0.15) is 32.1 Å². The van der Waals surface area contributed by atoms with Crippen LogP contribution in [0.25, 0.3) is 5.69 Å². The summed E-state index contributed by atoms with van der Waals surface area (Å²) < 4.78 is 41.7. The van der Waals surface area contributed by atoms with E-state index < -0.39 is 23.7 Å². The van der Waals surface area contributed by atoms with E-state index in [1.165, 1.54) is 33.2 Å². The van der Waals surface area contributed by atoms with E-state index >= 15 is 0 Å². The molecule has 2 N–H and O–H groups in total. The fraction of sp³-hybridized carbons (Fsp3) is 0.250. The molecule has 3 aromatic rings. The fourth-order valence-electron chi connectivity index (χ4n) is 3.44. The molecule has 0 unspecified atom stereocenters. The van der Waals surface area contributed by atoms with Crippen LogP contribution < -0.4 is 5.32 Å². The number of carboxylic acid groups (broad SMARTS) is 1. The van der Waals surface area contributed by atoms with Gasteiger partial charge in [0.05, 0.1) is 29.7 Å². The van der Waals surface area contributed by atoms with Gasteiger partial charge in [-0.3, -0.25) is 4.79 Å². The molecule has 0 fully saturated rings. The molecule has 2 amide bonds. The Hall–Kier alpha value is -3.34. The molecule has 162 valence electrons. The molecule has 1 aliphatic heterocycles. The van der Waals surface area contributed by atoms with Crippen LogP contribution in [0.5, 0.6) is 0 Å². The highest BCUT2D eigenvalue weighted by atomic mass is 32.1. The van der Waals surface area contributed by atoms with Gasteiger partial charge in [-0.05, 0) is 37.1 Å². The molecule has 1 aromatic carbocycles. The average molecular weight is 450 g/mol. The Balaban J connectivity index is 1.64. The summed E-state index contributed by atoms with van der Waals surface area (Å²) in [5, 5.41) is 13.3. The van der Waals surface area contributed by atoms with E-state index in [0.29, 0.717) is 17.7 Å². The summed E-state index contributed by atoms with van der Waals surface area (Å²) in [6.45, 7) is 2.17. The van der Waals surface area contributed by atoms with Crippen LogP contribution in [-0.2, 0) is 19.1 Å². The Morgan fingerprint density at radius 1 is 1.26 bits per heavy atom. The van der Waals surface area contributed by atoms with Gasteiger partial charge in [-0.1, -0.05) is 0 Å². The summed E-state index contributed by atoms with van der Waals surface area (Å²) in [5.74, 6) is -0.534. The van der Waals surface area contributed by atoms with Gasteiger partial charge in [0.2, 0.25) is 0 Å². The van der Waals surface area contributed by atoms with E-state index in [0.717, 1.165) is 22.6 Å². The number of hydrogen-bond acceptors (Lipinski definition) is 4. The molecule has 0 atom stereocenters. The van der Waals surface area contributed by atoms with Crippen LogP contribution in [0.4, 0.5) is 23.7 Å². The number of rotatable bonds is 3. The number of fused-ring (bicyclic) bond motifs is 1. The fourth-order valence-corrected chi connectivity index (χ4v) is 4.53. The second kappa shape index (κ2) is 7.73. The summed E-state index contributed by atoms with van der Waals surface area (Å²) in [5.41, 5.74) is 1.05. The summed E-state index contributed by atoms with van der Waals surface area (Å²) in [6, 6.07) is 3.32. The van der Waals surface area contributed by atoms with Crippen LogP contribution in [0.2, 0.25) is 0 Å². The highest BCUT2D eigenvalue weighted by Gasteiger charge is 2.32. The first-order valence-electron chi connectivity index (χ1n) is 9.23. The summed E-state index contributed by atoms with van der Waals surface area (Å²) in [4.78, 5) is 30.1. The molecule has 0 saturated carbocycles. The lowest BCUT2D eigenvalue weighted by atomic mass is 10.0. The molecular formula is C20H17F3N4O3S. The molecule has 1 aliphatic rings. The van der Waals surface area contributed by atoms with Crippen molar-refractivity contribution in [2.75, 3.05) is 11.9 Å². The van der Waals surface area contributed by atoms with Gasteiger partial charge in [0.25, 0.3) is 5.91 Å². The third-order valence-electron chi connectivity index (χ3n) is 4.97. The second-order valence-electron chi connectivity index (χ2n) is 7.15. The van der Waals surface area contributed by atoms with Crippen LogP contribution in [-0.4, -0.2) is 38.1 Å². The van der Waals surface area contributed by atoms with Gasteiger partial charge in [-0.15, -0.1) is 11.3 Å². The highest BCUT2D eigenvalue weighted by Crippen LogP contribution is 2.34. The number of amides is 2.